The number of thiophene rings is 1. The number of carbonyl (C=O) groups is 1. The van der Waals surface area contributed by atoms with Crippen LogP contribution in [-0.2, 0) is 10.0 Å². The Morgan fingerprint density at radius 1 is 1.38 bits per heavy atom. The van der Waals surface area contributed by atoms with Gasteiger partial charge in [0.15, 0.2) is 0 Å². The number of anilines is 1. The normalized spacial score (nSPS) is 10.9. The quantitative estimate of drug-likeness (QED) is 0.888. The fourth-order valence-corrected chi connectivity index (χ4v) is 3.87. The Morgan fingerprint density at radius 2 is 2.10 bits per heavy atom. The second kappa shape index (κ2) is 5.73. The monoisotopic (exact) mass is 342 g/mol. The number of rotatable bonds is 4. The maximum Gasteiger partial charge on any atom is 0.336 e. The number of carboxylic acids is 1. The Labute approximate surface area is 129 Å². The van der Waals surface area contributed by atoms with Gasteiger partial charge < -0.3 is 5.11 Å². The van der Waals surface area contributed by atoms with E-state index >= 15 is 0 Å². The Hall–Kier alpha value is -2.08. The summed E-state index contributed by atoms with van der Waals surface area (Å²) in [5, 5.41) is 18.9. The molecule has 0 saturated heterocycles. The molecule has 21 heavy (non-hydrogen) atoms. The van der Waals surface area contributed by atoms with E-state index in [9.17, 15) is 13.2 Å². The second-order valence-electron chi connectivity index (χ2n) is 3.87. The van der Waals surface area contributed by atoms with Crippen LogP contribution in [0.25, 0.3) is 0 Å². The Kier molecular flexibility index (Phi) is 4.18. The van der Waals surface area contributed by atoms with Crippen molar-refractivity contribution >= 4 is 44.6 Å². The van der Waals surface area contributed by atoms with Crippen molar-refractivity contribution in [3.8, 4) is 6.07 Å². The molecule has 2 aromatic rings. The summed E-state index contributed by atoms with van der Waals surface area (Å²) in [6.45, 7) is 0. The minimum Gasteiger partial charge on any atom is -0.478 e. The summed E-state index contributed by atoms with van der Waals surface area (Å²) in [5.41, 5.74) is 0.311. The molecule has 0 saturated carbocycles. The van der Waals surface area contributed by atoms with Crippen LogP contribution in [0.1, 0.15) is 15.9 Å². The van der Waals surface area contributed by atoms with Gasteiger partial charge in [-0.25, -0.2) is 13.2 Å². The van der Waals surface area contributed by atoms with E-state index in [0.717, 1.165) is 17.4 Å². The number of carboxylic acid groups (broad SMARTS) is 1. The summed E-state index contributed by atoms with van der Waals surface area (Å²) in [5.74, 6) is -1.20. The van der Waals surface area contributed by atoms with Crippen LogP contribution < -0.4 is 4.72 Å². The van der Waals surface area contributed by atoms with E-state index in [1.54, 1.807) is 0 Å². The zero-order valence-electron chi connectivity index (χ0n) is 10.2. The van der Waals surface area contributed by atoms with Crippen molar-refractivity contribution in [1.82, 2.24) is 0 Å². The van der Waals surface area contributed by atoms with E-state index in [4.69, 9.17) is 22.0 Å². The van der Waals surface area contributed by atoms with Gasteiger partial charge in [-0.15, -0.1) is 11.3 Å². The van der Waals surface area contributed by atoms with Gasteiger partial charge in [-0.05, 0) is 24.3 Å². The average molecular weight is 343 g/mol. The Balaban J connectivity index is 2.31. The van der Waals surface area contributed by atoms with Gasteiger partial charge in [0.25, 0.3) is 10.0 Å². The van der Waals surface area contributed by atoms with Gasteiger partial charge in [0, 0.05) is 5.38 Å². The molecule has 108 valence electrons. The summed E-state index contributed by atoms with van der Waals surface area (Å²) < 4.78 is 26.4. The van der Waals surface area contributed by atoms with E-state index in [0.29, 0.717) is 0 Å². The molecule has 2 N–H and O–H groups in total. The molecule has 9 heteroatoms. The lowest BCUT2D eigenvalue weighted by atomic mass is 10.2. The van der Waals surface area contributed by atoms with Crippen molar-refractivity contribution in [1.29, 1.82) is 5.26 Å². The third-order valence-electron chi connectivity index (χ3n) is 2.43. The number of nitrogens with one attached hydrogen (secondary N) is 1. The number of nitriles is 1. The van der Waals surface area contributed by atoms with Crippen LogP contribution in [-0.4, -0.2) is 19.5 Å². The fourth-order valence-electron chi connectivity index (χ4n) is 1.44. The molecule has 1 heterocycles. The predicted molar refractivity (Wildman–Crippen MR) is 78.3 cm³/mol. The number of aromatic carboxylic acids is 1. The van der Waals surface area contributed by atoms with E-state index < -0.39 is 16.0 Å². The highest BCUT2D eigenvalue weighted by Gasteiger charge is 2.19. The lowest BCUT2D eigenvalue weighted by Crippen LogP contribution is -2.11. The molecule has 1 aromatic heterocycles. The minimum absolute atomic E-state index is 0.0989. The minimum atomic E-state index is -3.90. The lowest BCUT2D eigenvalue weighted by Gasteiger charge is -2.06. The van der Waals surface area contributed by atoms with Crippen molar-refractivity contribution in [3.63, 3.8) is 0 Å². The average Bonchev–Trinajstić information content (AvgIpc) is 2.89. The Morgan fingerprint density at radius 3 is 2.62 bits per heavy atom. The molecule has 0 fully saturated rings. The standard InChI is InChI=1S/C12H7ClN2O4S2/c13-10-4-9(2-1-7(10)5-14)15-21(18,19)11-3-8(6-20-11)12(16)17/h1-4,6,15H,(H,16,17). The van der Waals surface area contributed by atoms with Crippen LogP contribution in [0.15, 0.2) is 33.9 Å². The zero-order chi connectivity index (χ0) is 15.6. The first kappa shape index (κ1) is 15.3. The molecule has 0 unspecified atom stereocenters. The van der Waals surface area contributed by atoms with Crippen molar-refractivity contribution in [3.05, 3.63) is 45.8 Å². The third kappa shape index (κ3) is 3.33. The summed E-state index contributed by atoms with van der Waals surface area (Å²) in [6.07, 6.45) is 0. The lowest BCUT2D eigenvalue weighted by molar-refractivity contribution is 0.0697. The van der Waals surface area contributed by atoms with Crippen LogP contribution in [0.3, 0.4) is 0 Å². The fraction of sp³-hybridized carbons (Fsp3) is 0. The van der Waals surface area contributed by atoms with Gasteiger partial charge >= 0.3 is 5.97 Å². The first-order chi connectivity index (χ1) is 9.83. The third-order valence-corrected chi connectivity index (χ3v) is 5.56. The molecule has 0 aliphatic rings. The molecule has 0 aliphatic carbocycles. The molecule has 1 aromatic carbocycles. The molecule has 0 radical (unpaired) electrons. The molecule has 6 nitrogen and oxygen atoms in total. The van der Waals surface area contributed by atoms with E-state index in [1.165, 1.54) is 23.6 Å². The van der Waals surface area contributed by atoms with Crippen molar-refractivity contribution in [2.45, 2.75) is 4.21 Å². The maximum absolute atomic E-state index is 12.1. The molecule has 0 spiro atoms. The summed E-state index contributed by atoms with van der Waals surface area (Å²) in [7, 11) is -3.90. The smallest absolute Gasteiger partial charge is 0.336 e. The largest absolute Gasteiger partial charge is 0.478 e. The first-order valence-electron chi connectivity index (χ1n) is 5.38. The van der Waals surface area contributed by atoms with E-state index in [-0.39, 0.29) is 26.0 Å². The predicted octanol–water partition coefficient (Wildman–Crippen LogP) is 2.77. The van der Waals surface area contributed by atoms with Crippen molar-refractivity contribution < 1.29 is 18.3 Å². The van der Waals surface area contributed by atoms with Crippen LogP contribution in [0, 0.1) is 11.3 Å². The number of sulfonamides is 1. The molecular weight excluding hydrogens is 336 g/mol. The Bertz CT molecular complexity index is 852. The number of hydrogen-bond donors (Lipinski definition) is 2. The molecule has 0 aliphatic heterocycles. The number of nitrogens with zero attached hydrogens (tertiary/aromatic N) is 1. The molecule has 2 rings (SSSR count). The summed E-state index contributed by atoms with van der Waals surface area (Å²) >= 11 is 6.62. The molecule has 0 atom stereocenters. The van der Waals surface area contributed by atoms with Gasteiger partial charge in [0.2, 0.25) is 0 Å². The number of hydrogen-bond acceptors (Lipinski definition) is 5. The van der Waals surface area contributed by atoms with Gasteiger partial charge in [-0.3, -0.25) is 4.72 Å². The van der Waals surface area contributed by atoms with Crippen molar-refractivity contribution in [2.24, 2.45) is 0 Å². The van der Waals surface area contributed by atoms with Gasteiger partial charge in [-0.1, -0.05) is 11.6 Å². The van der Waals surface area contributed by atoms with Crippen LogP contribution in [0.5, 0.6) is 0 Å². The highest BCUT2D eigenvalue weighted by molar-refractivity contribution is 7.94. The van der Waals surface area contributed by atoms with Gasteiger partial charge in [0.1, 0.15) is 10.3 Å². The maximum atomic E-state index is 12.1. The van der Waals surface area contributed by atoms with E-state index in [1.807, 2.05) is 6.07 Å². The summed E-state index contributed by atoms with van der Waals surface area (Å²) in [6, 6.07) is 7.02. The first-order valence-corrected chi connectivity index (χ1v) is 8.12. The van der Waals surface area contributed by atoms with Crippen molar-refractivity contribution in [2.75, 3.05) is 4.72 Å². The highest BCUT2D eigenvalue weighted by Crippen LogP contribution is 2.25. The topological polar surface area (TPSA) is 107 Å². The summed E-state index contributed by atoms with van der Waals surface area (Å²) in [4.78, 5) is 10.8. The van der Waals surface area contributed by atoms with Gasteiger partial charge in [0.05, 0.1) is 21.8 Å². The SMILES string of the molecule is N#Cc1ccc(NS(=O)(=O)c2cc(C(=O)O)cs2)cc1Cl. The number of halogens is 1. The van der Waals surface area contributed by atoms with Crippen LogP contribution in [0.2, 0.25) is 5.02 Å². The molecule has 0 amide bonds. The highest BCUT2D eigenvalue weighted by atomic mass is 35.5. The van der Waals surface area contributed by atoms with Crippen LogP contribution in [0.4, 0.5) is 5.69 Å². The zero-order valence-corrected chi connectivity index (χ0v) is 12.6. The second-order valence-corrected chi connectivity index (χ2v) is 7.10. The number of benzene rings is 1. The molecule has 0 bridgehead atoms. The van der Waals surface area contributed by atoms with E-state index in [2.05, 4.69) is 4.72 Å². The molecular formula is C12H7ClN2O4S2. The van der Waals surface area contributed by atoms with Gasteiger partial charge in [-0.2, -0.15) is 5.26 Å². The van der Waals surface area contributed by atoms with Crippen LogP contribution >= 0.6 is 22.9 Å².